The molecule has 0 spiro atoms. The summed E-state index contributed by atoms with van der Waals surface area (Å²) in [4.78, 5) is 7.58. The second-order valence-electron chi connectivity index (χ2n) is 5.12. The molecule has 2 nitrogen and oxygen atoms in total. The van der Waals surface area contributed by atoms with E-state index in [4.69, 9.17) is 4.98 Å². The van der Waals surface area contributed by atoms with Crippen LogP contribution in [0.2, 0.25) is 0 Å². The first-order valence-corrected chi connectivity index (χ1v) is 8.48. The number of rotatable bonds is 5. The van der Waals surface area contributed by atoms with E-state index in [1.165, 1.54) is 26.0 Å². The monoisotopic (exact) mass is 294 g/mol. The Balaban J connectivity index is 2.36. The van der Waals surface area contributed by atoms with Crippen LogP contribution in [0.25, 0.3) is 0 Å². The molecule has 0 bridgehead atoms. The van der Waals surface area contributed by atoms with E-state index in [-0.39, 0.29) is 6.04 Å². The van der Waals surface area contributed by atoms with E-state index in [0.717, 1.165) is 6.54 Å². The summed E-state index contributed by atoms with van der Waals surface area (Å²) < 4.78 is 0. The molecule has 0 amide bonds. The van der Waals surface area contributed by atoms with Gasteiger partial charge in [-0.2, -0.15) is 0 Å². The molecule has 0 fully saturated rings. The third kappa shape index (κ3) is 3.25. The lowest BCUT2D eigenvalue weighted by Crippen LogP contribution is -2.22. The quantitative estimate of drug-likeness (QED) is 0.868. The van der Waals surface area contributed by atoms with Crippen molar-refractivity contribution in [3.05, 3.63) is 37.5 Å². The molecule has 0 saturated carbocycles. The lowest BCUT2D eigenvalue weighted by Gasteiger charge is -2.15. The maximum atomic E-state index is 4.82. The summed E-state index contributed by atoms with van der Waals surface area (Å²) in [7, 11) is 0. The van der Waals surface area contributed by atoms with Gasteiger partial charge in [0.25, 0.3) is 0 Å². The van der Waals surface area contributed by atoms with Crippen molar-refractivity contribution in [1.29, 1.82) is 0 Å². The van der Waals surface area contributed by atoms with E-state index in [1.54, 1.807) is 11.3 Å². The Labute approximate surface area is 123 Å². The third-order valence-corrected chi connectivity index (χ3v) is 5.09. The molecule has 2 aromatic heterocycles. The Hall–Kier alpha value is -0.710. The van der Waals surface area contributed by atoms with Crippen LogP contribution < -0.4 is 5.32 Å². The van der Waals surface area contributed by atoms with Crippen LogP contribution in [0.4, 0.5) is 0 Å². The van der Waals surface area contributed by atoms with E-state index in [1.807, 2.05) is 11.3 Å². The summed E-state index contributed by atoms with van der Waals surface area (Å²) in [6.07, 6.45) is 0. The Morgan fingerprint density at radius 1 is 1.32 bits per heavy atom. The molecule has 0 aliphatic carbocycles. The van der Waals surface area contributed by atoms with Crippen LogP contribution in [0.5, 0.6) is 0 Å². The fraction of sp³-hybridized carbons (Fsp3) is 0.533. The van der Waals surface area contributed by atoms with Gasteiger partial charge in [-0.1, -0.05) is 20.8 Å². The average Bonchev–Trinajstić information content (AvgIpc) is 2.93. The molecule has 0 aromatic carbocycles. The van der Waals surface area contributed by atoms with Gasteiger partial charge in [-0.25, -0.2) is 4.98 Å². The van der Waals surface area contributed by atoms with Gasteiger partial charge in [-0.15, -0.1) is 22.7 Å². The minimum absolute atomic E-state index is 0.243. The molecule has 2 aromatic rings. The fourth-order valence-electron chi connectivity index (χ4n) is 2.17. The maximum Gasteiger partial charge on any atom is 0.114 e. The molecule has 2 heterocycles. The number of hydrogen-bond donors (Lipinski definition) is 1. The summed E-state index contributed by atoms with van der Waals surface area (Å²) in [6, 6.07) is 2.54. The molecule has 0 aliphatic rings. The van der Waals surface area contributed by atoms with Crippen molar-refractivity contribution in [2.45, 2.75) is 46.6 Å². The lowest BCUT2D eigenvalue weighted by molar-refractivity contribution is 0.622. The molecule has 1 atom stereocenters. The average molecular weight is 294 g/mol. The zero-order valence-electron chi connectivity index (χ0n) is 12.3. The number of nitrogens with one attached hydrogen (secondary N) is 1. The number of thiophene rings is 1. The van der Waals surface area contributed by atoms with Crippen LogP contribution >= 0.6 is 22.7 Å². The van der Waals surface area contributed by atoms with Crippen LogP contribution in [0.3, 0.4) is 0 Å². The first kappa shape index (κ1) is 14.7. The molecule has 0 saturated heterocycles. The van der Waals surface area contributed by atoms with Gasteiger partial charge in [-0.3, -0.25) is 0 Å². The number of aromatic nitrogens is 1. The first-order valence-electron chi connectivity index (χ1n) is 6.78. The standard InChI is InChI=1S/C15H22N2S2/c1-6-16-14(12-7-10(4)19-11(12)5)15-17-13(8-18-15)9(2)3/h7-9,14,16H,6H2,1-5H3. The molecule has 1 N–H and O–H groups in total. The van der Waals surface area contributed by atoms with E-state index in [0.29, 0.717) is 5.92 Å². The van der Waals surface area contributed by atoms with Crippen molar-refractivity contribution in [1.82, 2.24) is 10.3 Å². The van der Waals surface area contributed by atoms with Gasteiger partial charge in [-0.05, 0) is 37.9 Å². The van der Waals surface area contributed by atoms with Crippen LogP contribution in [-0.2, 0) is 0 Å². The minimum Gasteiger partial charge on any atom is -0.305 e. The molecule has 2 rings (SSSR count). The van der Waals surface area contributed by atoms with Gasteiger partial charge in [0.1, 0.15) is 5.01 Å². The summed E-state index contributed by atoms with van der Waals surface area (Å²) >= 11 is 3.64. The Morgan fingerprint density at radius 3 is 2.53 bits per heavy atom. The highest BCUT2D eigenvalue weighted by Gasteiger charge is 2.20. The van der Waals surface area contributed by atoms with Gasteiger partial charge in [0.05, 0.1) is 11.7 Å². The Morgan fingerprint density at radius 2 is 2.05 bits per heavy atom. The summed E-state index contributed by atoms with van der Waals surface area (Å²) in [5.41, 5.74) is 2.58. The van der Waals surface area contributed by atoms with Crippen molar-refractivity contribution in [3.8, 4) is 0 Å². The first-order chi connectivity index (χ1) is 9.02. The third-order valence-electron chi connectivity index (χ3n) is 3.18. The number of aryl methyl sites for hydroxylation is 2. The summed E-state index contributed by atoms with van der Waals surface area (Å²) in [6.45, 7) is 11.9. The molecule has 1 unspecified atom stereocenters. The zero-order valence-corrected chi connectivity index (χ0v) is 13.9. The lowest BCUT2D eigenvalue weighted by atomic mass is 10.1. The van der Waals surface area contributed by atoms with Crippen LogP contribution in [0, 0.1) is 13.8 Å². The molecule has 104 valence electrons. The molecule has 19 heavy (non-hydrogen) atoms. The van der Waals surface area contributed by atoms with E-state index in [9.17, 15) is 0 Å². The van der Waals surface area contributed by atoms with Gasteiger partial charge >= 0.3 is 0 Å². The Kier molecular flexibility index (Phi) is 4.76. The summed E-state index contributed by atoms with van der Waals surface area (Å²) in [5.74, 6) is 0.498. The van der Waals surface area contributed by atoms with Crippen molar-refractivity contribution in [3.63, 3.8) is 0 Å². The minimum atomic E-state index is 0.243. The highest BCUT2D eigenvalue weighted by molar-refractivity contribution is 7.12. The van der Waals surface area contributed by atoms with Crippen molar-refractivity contribution < 1.29 is 0 Å². The second kappa shape index (κ2) is 6.16. The number of hydrogen-bond acceptors (Lipinski definition) is 4. The van der Waals surface area contributed by atoms with Crippen LogP contribution in [0.1, 0.15) is 58.8 Å². The number of nitrogens with zero attached hydrogens (tertiary/aromatic N) is 1. The van der Waals surface area contributed by atoms with Gasteiger partial charge in [0, 0.05) is 15.1 Å². The molecule has 0 radical (unpaired) electrons. The summed E-state index contributed by atoms with van der Waals surface area (Å²) in [5, 5.41) is 6.96. The van der Waals surface area contributed by atoms with Gasteiger partial charge in [0.2, 0.25) is 0 Å². The highest BCUT2D eigenvalue weighted by Crippen LogP contribution is 2.33. The largest absolute Gasteiger partial charge is 0.305 e. The topological polar surface area (TPSA) is 24.9 Å². The zero-order chi connectivity index (χ0) is 14.0. The van der Waals surface area contributed by atoms with E-state index < -0.39 is 0 Å². The van der Waals surface area contributed by atoms with Crippen LogP contribution in [-0.4, -0.2) is 11.5 Å². The van der Waals surface area contributed by atoms with Crippen molar-refractivity contribution in [2.75, 3.05) is 6.54 Å². The van der Waals surface area contributed by atoms with Gasteiger partial charge in [0.15, 0.2) is 0 Å². The van der Waals surface area contributed by atoms with Crippen molar-refractivity contribution >= 4 is 22.7 Å². The van der Waals surface area contributed by atoms with E-state index in [2.05, 4.69) is 51.4 Å². The van der Waals surface area contributed by atoms with E-state index >= 15 is 0 Å². The van der Waals surface area contributed by atoms with Crippen LogP contribution in [0.15, 0.2) is 11.4 Å². The van der Waals surface area contributed by atoms with Crippen molar-refractivity contribution in [2.24, 2.45) is 0 Å². The molecule has 4 heteroatoms. The normalized spacial score (nSPS) is 13.2. The molecular weight excluding hydrogens is 272 g/mol. The SMILES string of the molecule is CCNC(c1nc(C(C)C)cs1)c1cc(C)sc1C. The number of thiazole rings is 1. The second-order valence-corrected chi connectivity index (χ2v) is 7.47. The van der Waals surface area contributed by atoms with Gasteiger partial charge < -0.3 is 5.32 Å². The highest BCUT2D eigenvalue weighted by atomic mass is 32.1. The fourth-order valence-corrected chi connectivity index (χ4v) is 4.20. The predicted octanol–water partition coefficient (Wildman–Crippen LogP) is 4.64. The predicted molar refractivity (Wildman–Crippen MR) is 85.5 cm³/mol. The smallest absolute Gasteiger partial charge is 0.114 e. The molecule has 0 aliphatic heterocycles. The molecular formula is C15H22N2S2. The maximum absolute atomic E-state index is 4.82. The Bertz CT molecular complexity index is 540.